The molecular weight excluding hydrogens is 236 g/mol. The summed E-state index contributed by atoms with van der Waals surface area (Å²) in [6.07, 6.45) is 7.97. The van der Waals surface area contributed by atoms with E-state index in [9.17, 15) is 0 Å². The van der Waals surface area contributed by atoms with Gasteiger partial charge in [-0.2, -0.15) is 0 Å². The van der Waals surface area contributed by atoms with Crippen molar-refractivity contribution in [2.45, 2.75) is 19.4 Å². The maximum atomic E-state index is 4.29. The molecule has 1 aliphatic rings. The van der Waals surface area contributed by atoms with Crippen LogP contribution in [-0.2, 0) is 6.54 Å². The van der Waals surface area contributed by atoms with E-state index >= 15 is 0 Å². The van der Waals surface area contributed by atoms with Crippen molar-refractivity contribution in [2.75, 3.05) is 26.7 Å². The summed E-state index contributed by atoms with van der Waals surface area (Å²) in [4.78, 5) is 10.7. The topological polar surface area (TPSA) is 41.1 Å². The largest absolute Gasteiger partial charge is 0.316 e. The molecule has 0 aromatic carbocycles. The number of aromatic nitrogens is 2. The second-order valence-corrected chi connectivity index (χ2v) is 4.61. The molecule has 1 aromatic rings. The SMILES string of the molecule is CN(Cc1cnccn1)CC1CCCNC1.Cl. The summed E-state index contributed by atoms with van der Waals surface area (Å²) in [6.45, 7) is 4.38. The van der Waals surface area contributed by atoms with Crippen molar-refractivity contribution >= 4 is 12.4 Å². The third-order valence-corrected chi connectivity index (χ3v) is 3.02. The quantitative estimate of drug-likeness (QED) is 0.883. The van der Waals surface area contributed by atoms with Gasteiger partial charge in [-0.05, 0) is 38.9 Å². The highest BCUT2D eigenvalue weighted by Gasteiger charge is 2.15. The van der Waals surface area contributed by atoms with Crippen LogP contribution in [0.15, 0.2) is 18.6 Å². The Morgan fingerprint density at radius 1 is 1.47 bits per heavy atom. The van der Waals surface area contributed by atoms with E-state index in [0.29, 0.717) is 0 Å². The van der Waals surface area contributed by atoms with E-state index in [1.165, 1.54) is 19.4 Å². The molecule has 0 spiro atoms. The van der Waals surface area contributed by atoms with Gasteiger partial charge in [-0.3, -0.25) is 9.97 Å². The zero-order chi connectivity index (χ0) is 11.2. The maximum Gasteiger partial charge on any atom is 0.0726 e. The summed E-state index contributed by atoms with van der Waals surface area (Å²) in [5.74, 6) is 0.787. The van der Waals surface area contributed by atoms with Crippen LogP contribution < -0.4 is 5.32 Å². The molecule has 1 N–H and O–H groups in total. The van der Waals surface area contributed by atoms with Crippen molar-refractivity contribution < 1.29 is 0 Å². The van der Waals surface area contributed by atoms with Gasteiger partial charge in [0.15, 0.2) is 0 Å². The molecule has 2 heterocycles. The normalized spacial score (nSPS) is 20.0. The van der Waals surface area contributed by atoms with E-state index in [0.717, 1.165) is 31.2 Å². The maximum absolute atomic E-state index is 4.29. The van der Waals surface area contributed by atoms with Crippen molar-refractivity contribution in [1.29, 1.82) is 0 Å². The van der Waals surface area contributed by atoms with E-state index in [-0.39, 0.29) is 12.4 Å². The predicted octanol–water partition coefficient (Wildman–Crippen LogP) is 1.33. The zero-order valence-electron chi connectivity index (χ0n) is 10.3. The van der Waals surface area contributed by atoms with Crippen LogP contribution in [0.3, 0.4) is 0 Å². The van der Waals surface area contributed by atoms with Gasteiger partial charge in [0.1, 0.15) is 0 Å². The average Bonchev–Trinajstić information content (AvgIpc) is 2.31. The van der Waals surface area contributed by atoms with Crippen molar-refractivity contribution in [1.82, 2.24) is 20.2 Å². The van der Waals surface area contributed by atoms with Gasteiger partial charge in [-0.25, -0.2) is 0 Å². The molecule has 0 amide bonds. The first-order valence-corrected chi connectivity index (χ1v) is 5.99. The van der Waals surface area contributed by atoms with Crippen LogP contribution in [0.1, 0.15) is 18.5 Å². The molecule has 1 fully saturated rings. The van der Waals surface area contributed by atoms with Gasteiger partial charge in [0.05, 0.1) is 5.69 Å². The third kappa shape index (κ3) is 4.98. The van der Waals surface area contributed by atoms with E-state index in [1.54, 1.807) is 12.4 Å². The Hall–Kier alpha value is -0.710. The smallest absolute Gasteiger partial charge is 0.0726 e. The highest BCUT2D eigenvalue weighted by atomic mass is 35.5. The zero-order valence-corrected chi connectivity index (χ0v) is 11.1. The molecule has 1 unspecified atom stereocenters. The van der Waals surface area contributed by atoms with Gasteiger partial charge in [0, 0.05) is 31.7 Å². The standard InChI is InChI=1S/C12H20N4.ClH/c1-16(9-11-3-2-4-13-7-11)10-12-8-14-5-6-15-12;/h5-6,8,11,13H,2-4,7,9-10H2,1H3;1H. The monoisotopic (exact) mass is 256 g/mol. The predicted molar refractivity (Wildman–Crippen MR) is 71.2 cm³/mol. The highest BCUT2D eigenvalue weighted by Crippen LogP contribution is 2.11. The molecule has 1 atom stereocenters. The van der Waals surface area contributed by atoms with Crippen LogP contribution in [0, 0.1) is 5.92 Å². The van der Waals surface area contributed by atoms with Crippen LogP contribution in [0.25, 0.3) is 0 Å². The molecule has 17 heavy (non-hydrogen) atoms. The first-order valence-electron chi connectivity index (χ1n) is 5.99. The number of halogens is 1. The van der Waals surface area contributed by atoms with E-state index in [1.807, 2.05) is 6.20 Å². The minimum Gasteiger partial charge on any atom is -0.316 e. The second kappa shape index (κ2) is 7.58. The Morgan fingerprint density at radius 3 is 3.00 bits per heavy atom. The molecule has 1 saturated heterocycles. The Morgan fingerprint density at radius 2 is 2.35 bits per heavy atom. The van der Waals surface area contributed by atoms with Gasteiger partial charge >= 0.3 is 0 Å². The fourth-order valence-corrected chi connectivity index (χ4v) is 2.27. The lowest BCUT2D eigenvalue weighted by atomic mass is 9.99. The Balaban J connectivity index is 0.00000144. The van der Waals surface area contributed by atoms with E-state index in [4.69, 9.17) is 0 Å². The average molecular weight is 257 g/mol. The van der Waals surface area contributed by atoms with Gasteiger partial charge in [-0.1, -0.05) is 0 Å². The first-order chi connectivity index (χ1) is 7.84. The summed E-state index contributed by atoms with van der Waals surface area (Å²) < 4.78 is 0. The summed E-state index contributed by atoms with van der Waals surface area (Å²) in [5.41, 5.74) is 1.05. The van der Waals surface area contributed by atoms with Crippen molar-refractivity contribution in [2.24, 2.45) is 5.92 Å². The van der Waals surface area contributed by atoms with Crippen LogP contribution >= 0.6 is 12.4 Å². The molecule has 1 aromatic heterocycles. The molecule has 2 rings (SSSR count). The Kier molecular flexibility index (Phi) is 6.40. The molecule has 1 aliphatic heterocycles. The van der Waals surface area contributed by atoms with Gasteiger partial charge in [0.2, 0.25) is 0 Å². The van der Waals surface area contributed by atoms with Crippen molar-refractivity contribution in [3.63, 3.8) is 0 Å². The van der Waals surface area contributed by atoms with Crippen LogP contribution in [0.2, 0.25) is 0 Å². The van der Waals surface area contributed by atoms with Gasteiger partial charge < -0.3 is 10.2 Å². The second-order valence-electron chi connectivity index (χ2n) is 4.61. The fraction of sp³-hybridized carbons (Fsp3) is 0.667. The van der Waals surface area contributed by atoms with Crippen LogP contribution in [0.5, 0.6) is 0 Å². The van der Waals surface area contributed by atoms with Crippen molar-refractivity contribution in [3.05, 3.63) is 24.3 Å². The number of nitrogens with one attached hydrogen (secondary N) is 1. The van der Waals surface area contributed by atoms with Crippen LogP contribution in [-0.4, -0.2) is 41.5 Å². The number of rotatable bonds is 4. The molecule has 0 bridgehead atoms. The number of hydrogen-bond acceptors (Lipinski definition) is 4. The lowest BCUT2D eigenvalue weighted by Gasteiger charge is -2.27. The van der Waals surface area contributed by atoms with Crippen molar-refractivity contribution in [3.8, 4) is 0 Å². The van der Waals surface area contributed by atoms with E-state index in [2.05, 4.69) is 27.2 Å². The molecule has 0 radical (unpaired) electrons. The molecule has 0 saturated carbocycles. The van der Waals surface area contributed by atoms with Gasteiger partial charge in [-0.15, -0.1) is 12.4 Å². The van der Waals surface area contributed by atoms with Crippen LogP contribution in [0.4, 0.5) is 0 Å². The summed E-state index contributed by atoms with van der Waals surface area (Å²) in [5, 5.41) is 3.45. The minimum atomic E-state index is 0. The summed E-state index contributed by atoms with van der Waals surface area (Å²) >= 11 is 0. The van der Waals surface area contributed by atoms with Gasteiger partial charge in [0.25, 0.3) is 0 Å². The Bertz CT molecular complexity index is 301. The highest BCUT2D eigenvalue weighted by molar-refractivity contribution is 5.85. The summed E-state index contributed by atoms with van der Waals surface area (Å²) in [7, 11) is 2.16. The number of hydrogen-bond donors (Lipinski definition) is 1. The minimum absolute atomic E-state index is 0. The van der Waals surface area contributed by atoms with E-state index < -0.39 is 0 Å². The summed E-state index contributed by atoms with van der Waals surface area (Å²) in [6, 6.07) is 0. The molecule has 0 aliphatic carbocycles. The molecule has 5 heteroatoms. The Labute approximate surface area is 109 Å². The first kappa shape index (κ1) is 14.4. The fourth-order valence-electron chi connectivity index (χ4n) is 2.27. The third-order valence-electron chi connectivity index (χ3n) is 3.02. The molecular formula is C12H21ClN4. The lowest BCUT2D eigenvalue weighted by molar-refractivity contribution is 0.235. The molecule has 96 valence electrons. The lowest BCUT2D eigenvalue weighted by Crippen LogP contribution is -2.36. The number of piperidine rings is 1. The number of nitrogens with zero attached hydrogens (tertiary/aromatic N) is 3. The molecule has 4 nitrogen and oxygen atoms in total.